The van der Waals surface area contributed by atoms with Gasteiger partial charge in [0.1, 0.15) is 17.1 Å². The van der Waals surface area contributed by atoms with Gasteiger partial charge in [-0.1, -0.05) is 42.5 Å². The number of ether oxygens (including phenoxy) is 2. The van der Waals surface area contributed by atoms with Crippen LogP contribution in [-0.2, 0) is 24.1 Å². The third-order valence-electron chi connectivity index (χ3n) is 6.08. The lowest BCUT2D eigenvalue weighted by Crippen LogP contribution is -2.34. The Hall–Kier alpha value is -3.94. The summed E-state index contributed by atoms with van der Waals surface area (Å²) in [7, 11) is 1.27. The summed E-state index contributed by atoms with van der Waals surface area (Å²) in [6.45, 7) is 0.915. The highest BCUT2D eigenvalue weighted by Gasteiger charge is 2.28. The van der Waals surface area contributed by atoms with E-state index < -0.39 is 17.7 Å². The van der Waals surface area contributed by atoms with E-state index >= 15 is 0 Å². The van der Waals surface area contributed by atoms with Crippen molar-refractivity contribution in [1.82, 2.24) is 9.47 Å². The number of carbonyl (C=O) groups is 2. The van der Waals surface area contributed by atoms with E-state index in [1.807, 2.05) is 30.3 Å². The van der Waals surface area contributed by atoms with Gasteiger partial charge in [0.2, 0.25) is 0 Å². The molecule has 35 heavy (non-hydrogen) atoms. The third-order valence-corrected chi connectivity index (χ3v) is 6.08. The Morgan fingerprint density at radius 2 is 1.74 bits per heavy atom. The van der Waals surface area contributed by atoms with Gasteiger partial charge >= 0.3 is 5.97 Å². The van der Waals surface area contributed by atoms with Gasteiger partial charge in [0.25, 0.3) is 11.5 Å². The van der Waals surface area contributed by atoms with Crippen LogP contribution in [0.3, 0.4) is 0 Å². The van der Waals surface area contributed by atoms with Crippen molar-refractivity contribution in [2.45, 2.75) is 25.8 Å². The minimum Gasteiger partial charge on any atom is -0.492 e. The van der Waals surface area contributed by atoms with E-state index in [1.54, 1.807) is 6.07 Å². The molecule has 8 heteroatoms. The summed E-state index contributed by atoms with van der Waals surface area (Å²) in [5, 5.41) is 0. The fraction of sp³-hybridized carbons (Fsp3) is 0.296. The molecule has 0 bridgehead atoms. The van der Waals surface area contributed by atoms with Crippen LogP contribution in [0, 0.1) is 5.82 Å². The van der Waals surface area contributed by atoms with Gasteiger partial charge in [-0.05, 0) is 30.5 Å². The molecule has 4 rings (SSSR count). The van der Waals surface area contributed by atoms with Crippen LogP contribution in [-0.4, -0.2) is 48.1 Å². The maximum absolute atomic E-state index is 14.2. The lowest BCUT2D eigenvalue weighted by molar-refractivity contribution is 0.0593. The minimum atomic E-state index is -0.610. The lowest BCUT2D eigenvalue weighted by atomic mass is 10.1. The van der Waals surface area contributed by atoms with E-state index in [4.69, 9.17) is 9.47 Å². The zero-order valence-electron chi connectivity index (χ0n) is 19.5. The maximum atomic E-state index is 14.2. The molecule has 0 saturated heterocycles. The fourth-order valence-electron chi connectivity index (χ4n) is 4.30. The first kappa shape index (κ1) is 24.2. The van der Waals surface area contributed by atoms with Crippen molar-refractivity contribution in [2.24, 2.45) is 0 Å². The number of hydrogen-bond donors (Lipinski definition) is 0. The highest BCUT2D eigenvalue weighted by molar-refractivity contribution is 5.95. The van der Waals surface area contributed by atoms with Crippen molar-refractivity contribution < 1.29 is 23.5 Å². The molecule has 0 N–H and O–H groups in total. The van der Waals surface area contributed by atoms with Crippen LogP contribution in [0.5, 0.6) is 5.75 Å². The highest BCUT2D eigenvalue weighted by atomic mass is 19.1. The van der Waals surface area contributed by atoms with Gasteiger partial charge in [0.15, 0.2) is 0 Å². The van der Waals surface area contributed by atoms with Gasteiger partial charge in [-0.2, -0.15) is 0 Å². The van der Waals surface area contributed by atoms with E-state index in [0.29, 0.717) is 18.7 Å². The maximum Gasteiger partial charge on any atom is 0.343 e. The van der Waals surface area contributed by atoms with Crippen LogP contribution >= 0.6 is 0 Å². The Balaban J connectivity index is 1.55. The quantitative estimate of drug-likeness (QED) is 0.384. The van der Waals surface area contributed by atoms with Gasteiger partial charge in [0.05, 0.1) is 19.3 Å². The van der Waals surface area contributed by atoms with Crippen molar-refractivity contribution in [3.05, 3.63) is 99.2 Å². The molecule has 0 saturated carbocycles. The zero-order chi connectivity index (χ0) is 24.8. The molecule has 0 spiro atoms. The average Bonchev–Trinajstić information content (AvgIpc) is 3.10. The summed E-state index contributed by atoms with van der Waals surface area (Å²) >= 11 is 0. The summed E-state index contributed by atoms with van der Waals surface area (Å²) < 4.78 is 26.5. The number of pyridine rings is 1. The lowest BCUT2D eigenvalue weighted by Gasteiger charge is -2.20. The first-order valence-corrected chi connectivity index (χ1v) is 11.5. The molecular weight excluding hydrogens is 451 g/mol. The molecule has 7 nitrogen and oxygen atoms in total. The van der Waals surface area contributed by atoms with Crippen molar-refractivity contribution >= 4 is 11.9 Å². The normalized spacial score (nSPS) is 13.0. The van der Waals surface area contributed by atoms with Crippen LogP contribution in [0.1, 0.15) is 38.4 Å². The minimum absolute atomic E-state index is 0.0265. The first-order valence-electron chi connectivity index (χ1n) is 11.5. The van der Waals surface area contributed by atoms with Gasteiger partial charge < -0.3 is 18.9 Å². The number of amides is 1. The number of methoxy groups -OCH3 is 1. The van der Waals surface area contributed by atoms with E-state index in [9.17, 15) is 18.8 Å². The molecule has 0 unspecified atom stereocenters. The van der Waals surface area contributed by atoms with Gasteiger partial charge in [0, 0.05) is 37.8 Å². The summed E-state index contributed by atoms with van der Waals surface area (Å²) in [6, 6.07) is 17.1. The molecule has 1 amide bonds. The Bertz CT molecular complexity index is 1270. The monoisotopic (exact) mass is 478 g/mol. The van der Waals surface area contributed by atoms with Gasteiger partial charge in [-0.25, -0.2) is 9.18 Å². The molecule has 0 fully saturated rings. The van der Waals surface area contributed by atoms with Crippen molar-refractivity contribution in [3.8, 4) is 5.75 Å². The predicted molar refractivity (Wildman–Crippen MR) is 128 cm³/mol. The van der Waals surface area contributed by atoms with Crippen LogP contribution in [0.4, 0.5) is 4.39 Å². The molecule has 0 atom stereocenters. The summed E-state index contributed by atoms with van der Waals surface area (Å²) in [4.78, 5) is 40.1. The fourth-order valence-corrected chi connectivity index (χ4v) is 4.30. The molecule has 3 aromatic rings. The van der Waals surface area contributed by atoms with E-state index in [1.165, 1.54) is 46.4 Å². The number of rotatable bonds is 7. The molecule has 182 valence electrons. The Labute approximate surface area is 202 Å². The highest BCUT2D eigenvalue weighted by Crippen LogP contribution is 2.25. The Kier molecular flexibility index (Phi) is 7.60. The summed E-state index contributed by atoms with van der Waals surface area (Å²) in [5.41, 5.74) is 1.46. The summed E-state index contributed by atoms with van der Waals surface area (Å²) in [6.07, 6.45) is 1.72. The smallest absolute Gasteiger partial charge is 0.343 e. The van der Waals surface area contributed by atoms with E-state index in [0.717, 1.165) is 6.42 Å². The molecular formula is C27H27FN2O5. The number of halogens is 1. The number of benzene rings is 2. The van der Waals surface area contributed by atoms with Crippen molar-refractivity contribution in [2.75, 3.05) is 26.8 Å². The number of esters is 1. The second-order valence-electron chi connectivity index (χ2n) is 8.27. The first-order chi connectivity index (χ1) is 17.0. The topological polar surface area (TPSA) is 77.8 Å². The van der Waals surface area contributed by atoms with Crippen LogP contribution in [0.15, 0.2) is 65.5 Å². The average molecular weight is 479 g/mol. The summed E-state index contributed by atoms with van der Waals surface area (Å²) in [5.74, 6) is -1.49. The predicted octanol–water partition coefficient (Wildman–Crippen LogP) is 3.48. The second-order valence-corrected chi connectivity index (χ2v) is 8.27. The van der Waals surface area contributed by atoms with Crippen LogP contribution < -0.4 is 10.3 Å². The second kappa shape index (κ2) is 11.0. The largest absolute Gasteiger partial charge is 0.492 e. The molecule has 2 aromatic carbocycles. The zero-order valence-corrected chi connectivity index (χ0v) is 19.5. The standard InChI is InChI=1S/C27H27FN2O5/c1-34-27(33)25-22-13-14-29(26(32)20-11-5-6-12-21(20)28)15-16-30(22)24(31)18-23(25)35-17-7-10-19-8-3-2-4-9-19/h2-6,8-9,11-12,18H,7,10,13-17H2,1H3. The molecule has 0 aliphatic carbocycles. The van der Waals surface area contributed by atoms with Gasteiger partial charge in [-0.15, -0.1) is 0 Å². The number of aryl methyl sites for hydroxylation is 1. The van der Waals surface area contributed by atoms with Crippen LogP contribution in [0.25, 0.3) is 0 Å². The van der Waals surface area contributed by atoms with Gasteiger partial charge in [-0.3, -0.25) is 9.59 Å². The number of fused-ring (bicyclic) bond motifs is 1. The molecule has 1 aliphatic rings. The number of carbonyl (C=O) groups excluding carboxylic acids is 2. The SMILES string of the molecule is COC(=O)c1c(OCCCc2ccccc2)cc(=O)n2c1CCN(C(=O)c1ccccc1F)CC2. The van der Waals surface area contributed by atoms with E-state index in [-0.39, 0.29) is 48.5 Å². The number of aromatic nitrogens is 1. The molecule has 0 radical (unpaired) electrons. The third kappa shape index (κ3) is 5.42. The molecule has 1 aliphatic heterocycles. The number of nitrogens with zero attached hydrogens (tertiary/aromatic N) is 2. The van der Waals surface area contributed by atoms with E-state index in [2.05, 4.69) is 0 Å². The molecule has 2 heterocycles. The molecule has 1 aromatic heterocycles. The Morgan fingerprint density at radius 1 is 1.00 bits per heavy atom. The van der Waals surface area contributed by atoms with Crippen molar-refractivity contribution in [3.63, 3.8) is 0 Å². The van der Waals surface area contributed by atoms with Crippen LogP contribution in [0.2, 0.25) is 0 Å². The number of hydrogen-bond acceptors (Lipinski definition) is 5. The Morgan fingerprint density at radius 3 is 2.49 bits per heavy atom. The van der Waals surface area contributed by atoms with Crippen molar-refractivity contribution in [1.29, 1.82) is 0 Å².